The number of benzene rings is 2. The summed E-state index contributed by atoms with van der Waals surface area (Å²) in [5.74, 6) is 0.126. The van der Waals surface area contributed by atoms with Gasteiger partial charge >= 0.3 is 0 Å². The first kappa shape index (κ1) is 21.5. The number of nitrogens with zero attached hydrogens (tertiary/aromatic N) is 1. The molecule has 0 bridgehead atoms. The number of amides is 1. The maximum absolute atomic E-state index is 12.2. The Morgan fingerprint density at radius 2 is 1.71 bits per heavy atom. The Labute approximate surface area is 164 Å². The van der Waals surface area contributed by atoms with Gasteiger partial charge in [0, 0.05) is 30.8 Å². The van der Waals surface area contributed by atoms with Gasteiger partial charge in [-0.3, -0.25) is 14.9 Å². The van der Waals surface area contributed by atoms with Crippen molar-refractivity contribution in [3.05, 3.63) is 64.2 Å². The number of hydrogen-bond acceptors (Lipinski definition) is 5. The average molecular weight is 405 g/mol. The molecule has 2 aromatic carbocycles. The van der Waals surface area contributed by atoms with E-state index >= 15 is 0 Å². The molecule has 1 amide bonds. The fourth-order valence-corrected chi connectivity index (χ4v) is 3.52. The number of carbonyl (C=O) groups is 1. The molecule has 0 aromatic heterocycles. The number of nitro benzene ring substituents is 1. The van der Waals surface area contributed by atoms with Crippen LogP contribution in [0.3, 0.4) is 0 Å². The van der Waals surface area contributed by atoms with E-state index in [1.807, 2.05) is 24.3 Å². The molecule has 0 saturated carbocycles. The second-order valence-corrected chi connectivity index (χ2v) is 8.15. The fourth-order valence-electron chi connectivity index (χ4n) is 2.48. The van der Waals surface area contributed by atoms with E-state index in [4.69, 9.17) is 0 Å². The average Bonchev–Trinajstić information content (AvgIpc) is 2.67. The second-order valence-electron chi connectivity index (χ2n) is 6.38. The predicted molar refractivity (Wildman–Crippen MR) is 107 cm³/mol. The van der Waals surface area contributed by atoms with Gasteiger partial charge in [-0.2, -0.15) is 0 Å². The number of carbonyl (C=O) groups excluding carboxylic acids is 1. The Bertz CT molecular complexity index is 925. The first-order chi connectivity index (χ1) is 13.2. The second kappa shape index (κ2) is 9.43. The van der Waals surface area contributed by atoms with Crippen LogP contribution in [-0.4, -0.2) is 25.8 Å². The molecule has 150 valence electrons. The largest absolute Gasteiger partial charge is 0.326 e. The van der Waals surface area contributed by atoms with Gasteiger partial charge < -0.3 is 5.32 Å². The van der Waals surface area contributed by atoms with Crippen LogP contribution in [0, 0.1) is 10.1 Å². The van der Waals surface area contributed by atoms with Gasteiger partial charge in [0.1, 0.15) is 0 Å². The molecule has 0 fully saturated rings. The van der Waals surface area contributed by atoms with Gasteiger partial charge in [-0.05, 0) is 42.2 Å². The first-order valence-corrected chi connectivity index (χ1v) is 10.3. The van der Waals surface area contributed by atoms with Crippen molar-refractivity contribution in [2.24, 2.45) is 0 Å². The van der Waals surface area contributed by atoms with Crippen LogP contribution < -0.4 is 10.0 Å². The van der Waals surface area contributed by atoms with Crippen molar-refractivity contribution in [1.82, 2.24) is 4.72 Å². The molecular weight excluding hydrogens is 382 g/mol. The standard InChI is InChI=1S/C19H23N3O5S/c1-3-14(2)15-4-6-16(7-5-15)21-19(23)12-13-20-28(26,27)18-10-8-17(9-11-18)22(24)25/h4-11,14,20H,3,12-13H2,1-2H3,(H,21,23). The Hall–Kier alpha value is -2.78. The molecule has 1 unspecified atom stereocenters. The lowest BCUT2D eigenvalue weighted by Crippen LogP contribution is -2.27. The highest BCUT2D eigenvalue weighted by Gasteiger charge is 2.16. The van der Waals surface area contributed by atoms with Gasteiger partial charge in [-0.15, -0.1) is 0 Å². The zero-order chi connectivity index (χ0) is 20.7. The highest BCUT2D eigenvalue weighted by atomic mass is 32.2. The molecule has 0 radical (unpaired) electrons. The lowest BCUT2D eigenvalue weighted by Gasteiger charge is -2.11. The molecule has 9 heteroatoms. The van der Waals surface area contributed by atoms with Crippen LogP contribution in [0.4, 0.5) is 11.4 Å². The summed E-state index contributed by atoms with van der Waals surface area (Å²) in [6.07, 6.45) is 0.986. The molecule has 2 rings (SSSR count). The van der Waals surface area contributed by atoms with Crippen LogP contribution in [-0.2, 0) is 14.8 Å². The van der Waals surface area contributed by atoms with E-state index in [0.717, 1.165) is 30.7 Å². The third-order valence-electron chi connectivity index (χ3n) is 4.38. The van der Waals surface area contributed by atoms with Gasteiger partial charge in [-0.25, -0.2) is 13.1 Å². The van der Waals surface area contributed by atoms with Crippen molar-refractivity contribution in [3.8, 4) is 0 Å². The predicted octanol–water partition coefficient (Wildman–Crippen LogP) is 3.42. The Balaban J connectivity index is 1.86. The normalized spacial score (nSPS) is 12.4. The maximum Gasteiger partial charge on any atom is 0.269 e. The van der Waals surface area contributed by atoms with Gasteiger partial charge in [0.2, 0.25) is 15.9 Å². The summed E-state index contributed by atoms with van der Waals surface area (Å²) >= 11 is 0. The van der Waals surface area contributed by atoms with E-state index < -0.39 is 14.9 Å². The number of rotatable bonds is 9. The summed E-state index contributed by atoms with van der Waals surface area (Å²) in [6.45, 7) is 4.15. The van der Waals surface area contributed by atoms with Gasteiger partial charge in [0.15, 0.2) is 0 Å². The van der Waals surface area contributed by atoms with E-state index in [2.05, 4.69) is 23.9 Å². The minimum Gasteiger partial charge on any atom is -0.326 e. The van der Waals surface area contributed by atoms with Crippen LogP contribution in [0.1, 0.15) is 38.2 Å². The highest BCUT2D eigenvalue weighted by Crippen LogP contribution is 2.20. The molecule has 0 saturated heterocycles. The minimum atomic E-state index is -3.84. The number of nitrogens with one attached hydrogen (secondary N) is 2. The summed E-state index contributed by atoms with van der Waals surface area (Å²) in [6, 6.07) is 12.1. The molecule has 0 aliphatic heterocycles. The lowest BCUT2D eigenvalue weighted by atomic mass is 9.99. The van der Waals surface area contributed by atoms with Crippen LogP contribution in [0.5, 0.6) is 0 Å². The van der Waals surface area contributed by atoms with Crippen LogP contribution in [0.15, 0.2) is 53.4 Å². The van der Waals surface area contributed by atoms with Gasteiger partial charge in [0.25, 0.3) is 5.69 Å². The van der Waals surface area contributed by atoms with E-state index in [0.29, 0.717) is 11.6 Å². The Morgan fingerprint density at radius 1 is 1.11 bits per heavy atom. The number of anilines is 1. The van der Waals surface area contributed by atoms with Crippen molar-refractivity contribution < 1.29 is 18.1 Å². The zero-order valence-corrected chi connectivity index (χ0v) is 16.5. The molecule has 2 aromatic rings. The molecule has 0 aliphatic carbocycles. The summed E-state index contributed by atoms with van der Waals surface area (Å²) in [5, 5.41) is 13.3. The van der Waals surface area contributed by atoms with Crippen LogP contribution in [0.2, 0.25) is 0 Å². The van der Waals surface area contributed by atoms with E-state index in [-0.39, 0.29) is 29.5 Å². The van der Waals surface area contributed by atoms with E-state index in [1.54, 1.807) is 0 Å². The Kier molecular flexibility index (Phi) is 7.24. The molecule has 1 atom stereocenters. The third kappa shape index (κ3) is 5.86. The van der Waals surface area contributed by atoms with Crippen molar-refractivity contribution in [2.75, 3.05) is 11.9 Å². The monoisotopic (exact) mass is 405 g/mol. The lowest BCUT2D eigenvalue weighted by molar-refractivity contribution is -0.384. The quantitative estimate of drug-likeness (QED) is 0.489. The first-order valence-electron chi connectivity index (χ1n) is 8.87. The fraction of sp³-hybridized carbons (Fsp3) is 0.316. The van der Waals surface area contributed by atoms with Crippen molar-refractivity contribution in [2.45, 2.75) is 37.5 Å². The SMILES string of the molecule is CCC(C)c1ccc(NC(=O)CCNS(=O)(=O)c2ccc([N+](=O)[O-])cc2)cc1. The molecule has 28 heavy (non-hydrogen) atoms. The topological polar surface area (TPSA) is 118 Å². The van der Waals surface area contributed by atoms with Crippen molar-refractivity contribution in [1.29, 1.82) is 0 Å². The molecule has 2 N–H and O–H groups in total. The molecule has 0 spiro atoms. The molecule has 8 nitrogen and oxygen atoms in total. The summed E-state index contributed by atoms with van der Waals surface area (Å²) in [7, 11) is -3.84. The summed E-state index contributed by atoms with van der Waals surface area (Å²) in [5.41, 5.74) is 1.64. The summed E-state index contributed by atoms with van der Waals surface area (Å²) in [4.78, 5) is 21.9. The molecule has 0 aliphatic rings. The maximum atomic E-state index is 12.2. The smallest absolute Gasteiger partial charge is 0.269 e. The third-order valence-corrected chi connectivity index (χ3v) is 5.85. The molecular formula is C19H23N3O5S. The van der Waals surface area contributed by atoms with E-state index in [1.165, 1.54) is 5.56 Å². The van der Waals surface area contributed by atoms with Crippen molar-refractivity contribution in [3.63, 3.8) is 0 Å². The van der Waals surface area contributed by atoms with E-state index in [9.17, 15) is 23.3 Å². The number of non-ortho nitro benzene ring substituents is 1. The van der Waals surface area contributed by atoms with Crippen LogP contribution in [0.25, 0.3) is 0 Å². The summed E-state index contributed by atoms with van der Waals surface area (Å²) < 4.78 is 26.7. The van der Waals surface area contributed by atoms with Crippen molar-refractivity contribution >= 4 is 27.3 Å². The Morgan fingerprint density at radius 3 is 2.25 bits per heavy atom. The number of hydrogen-bond donors (Lipinski definition) is 2. The minimum absolute atomic E-state index is 0.0423. The zero-order valence-electron chi connectivity index (χ0n) is 15.7. The number of sulfonamides is 1. The van der Waals surface area contributed by atoms with Gasteiger partial charge in [0.05, 0.1) is 9.82 Å². The molecule has 0 heterocycles. The van der Waals surface area contributed by atoms with Gasteiger partial charge in [-0.1, -0.05) is 26.0 Å². The highest BCUT2D eigenvalue weighted by molar-refractivity contribution is 7.89. The van der Waals surface area contributed by atoms with Crippen LogP contribution >= 0.6 is 0 Å². The number of nitro groups is 1.